The van der Waals surface area contributed by atoms with Gasteiger partial charge in [0.25, 0.3) is 5.56 Å². The van der Waals surface area contributed by atoms with Gasteiger partial charge in [-0.1, -0.05) is 18.2 Å². The van der Waals surface area contributed by atoms with Crippen LogP contribution in [0.2, 0.25) is 0 Å². The lowest BCUT2D eigenvalue weighted by Crippen LogP contribution is -2.28. The highest BCUT2D eigenvalue weighted by molar-refractivity contribution is 6.02. The molecule has 0 fully saturated rings. The van der Waals surface area contributed by atoms with E-state index in [2.05, 4.69) is 10.2 Å². The van der Waals surface area contributed by atoms with Crippen molar-refractivity contribution >= 4 is 21.8 Å². The van der Waals surface area contributed by atoms with E-state index in [1.807, 2.05) is 0 Å². The molecule has 98 valence electrons. The second-order valence-electron chi connectivity index (χ2n) is 4.18. The summed E-state index contributed by atoms with van der Waals surface area (Å²) in [4.78, 5) is 12.1. The molecule has 1 aromatic carbocycles. The first-order valence-corrected chi connectivity index (χ1v) is 5.49. The number of aromatic amines is 1. The molecule has 1 N–H and O–H groups in total. The van der Waals surface area contributed by atoms with Crippen LogP contribution in [0.15, 0.2) is 35.3 Å². The number of pyridine rings is 1. The first-order chi connectivity index (χ1) is 8.97. The van der Waals surface area contributed by atoms with Crippen LogP contribution < -0.4 is 5.56 Å². The Hall–Kier alpha value is -2.31. The number of alkyl halides is 3. The van der Waals surface area contributed by atoms with E-state index in [0.717, 1.165) is 4.57 Å². The summed E-state index contributed by atoms with van der Waals surface area (Å²) in [6.07, 6.45) is -3.21. The van der Waals surface area contributed by atoms with Gasteiger partial charge in [-0.2, -0.15) is 18.3 Å². The van der Waals surface area contributed by atoms with Crippen LogP contribution in [0.4, 0.5) is 13.2 Å². The van der Waals surface area contributed by atoms with Crippen LogP contribution in [0.1, 0.15) is 0 Å². The summed E-state index contributed by atoms with van der Waals surface area (Å²) in [5.41, 5.74) is 0.000347. The molecule has 0 atom stereocenters. The first kappa shape index (κ1) is 11.8. The number of hydrogen-bond donors (Lipinski definition) is 1. The van der Waals surface area contributed by atoms with Crippen LogP contribution in [0, 0.1) is 0 Å². The SMILES string of the molecule is O=c1c2cn[nH]c2c2ccccc2n1CC(F)(F)F. The Morgan fingerprint density at radius 3 is 2.68 bits per heavy atom. The number of hydrogen-bond acceptors (Lipinski definition) is 2. The molecule has 3 aromatic rings. The Kier molecular flexibility index (Phi) is 2.38. The van der Waals surface area contributed by atoms with Gasteiger partial charge >= 0.3 is 6.18 Å². The van der Waals surface area contributed by atoms with Crippen molar-refractivity contribution in [1.29, 1.82) is 0 Å². The average molecular weight is 267 g/mol. The fourth-order valence-electron chi connectivity index (χ4n) is 2.17. The molecule has 0 saturated carbocycles. The molecule has 2 aromatic heterocycles. The van der Waals surface area contributed by atoms with Gasteiger partial charge in [0.2, 0.25) is 0 Å². The van der Waals surface area contributed by atoms with Crippen molar-refractivity contribution in [2.75, 3.05) is 0 Å². The van der Waals surface area contributed by atoms with Gasteiger partial charge < -0.3 is 0 Å². The van der Waals surface area contributed by atoms with Crippen LogP contribution in [0.3, 0.4) is 0 Å². The third-order valence-corrected chi connectivity index (χ3v) is 2.92. The van der Waals surface area contributed by atoms with E-state index in [-0.39, 0.29) is 10.9 Å². The molecule has 7 heteroatoms. The molecule has 0 amide bonds. The van der Waals surface area contributed by atoms with Crippen LogP contribution in [0.5, 0.6) is 0 Å². The zero-order valence-corrected chi connectivity index (χ0v) is 9.53. The maximum atomic E-state index is 12.6. The van der Waals surface area contributed by atoms with E-state index in [1.54, 1.807) is 18.2 Å². The molecule has 0 saturated heterocycles. The normalized spacial score (nSPS) is 12.4. The molecule has 0 aliphatic heterocycles. The predicted octanol–water partition coefficient (Wildman–Crippen LogP) is 2.44. The van der Waals surface area contributed by atoms with Gasteiger partial charge in [0, 0.05) is 5.39 Å². The Labute approximate surface area is 104 Å². The lowest BCUT2D eigenvalue weighted by atomic mass is 10.1. The van der Waals surface area contributed by atoms with E-state index in [1.165, 1.54) is 12.3 Å². The second kappa shape index (κ2) is 3.84. The Bertz CT molecular complexity index is 816. The molecule has 3 rings (SSSR count). The van der Waals surface area contributed by atoms with Gasteiger partial charge in [-0.05, 0) is 6.07 Å². The van der Waals surface area contributed by atoms with E-state index >= 15 is 0 Å². The summed E-state index contributed by atoms with van der Waals surface area (Å²) < 4.78 is 38.5. The third-order valence-electron chi connectivity index (χ3n) is 2.92. The minimum Gasteiger partial charge on any atom is -0.298 e. The average Bonchev–Trinajstić information content (AvgIpc) is 2.82. The minimum absolute atomic E-state index is 0.156. The molecule has 4 nitrogen and oxygen atoms in total. The van der Waals surface area contributed by atoms with E-state index in [0.29, 0.717) is 10.9 Å². The predicted molar refractivity (Wildman–Crippen MR) is 63.9 cm³/mol. The fraction of sp³-hybridized carbons (Fsp3) is 0.167. The smallest absolute Gasteiger partial charge is 0.298 e. The summed E-state index contributed by atoms with van der Waals surface area (Å²) in [5, 5.41) is 7.08. The molecule has 2 heterocycles. The van der Waals surface area contributed by atoms with Gasteiger partial charge in [-0.3, -0.25) is 14.5 Å². The van der Waals surface area contributed by atoms with Crippen LogP contribution in [0.25, 0.3) is 21.8 Å². The lowest BCUT2D eigenvalue weighted by Gasteiger charge is -2.13. The maximum Gasteiger partial charge on any atom is 0.406 e. The number of aromatic nitrogens is 3. The molecule has 19 heavy (non-hydrogen) atoms. The van der Waals surface area contributed by atoms with E-state index in [4.69, 9.17) is 0 Å². The lowest BCUT2D eigenvalue weighted by molar-refractivity contribution is -0.140. The molecule has 0 radical (unpaired) electrons. The fourth-order valence-corrected chi connectivity index (χ4v) is 2.17. The summed E-state index contributed by atoms with van der Waals surface area (Å²) >= 11 is 0. The summed E-state index contributed by atoms with van der Waals surface area (Å²) in [5.74, 6) is 0. The van der Waals surface area contributed by atoms with Gasteiger partial charge in [0.15, 0.2) is 0 Å². The number of fused-ring (bicyclic) bond motifs is 3. The van der Waals surface area contributed by atoms with E-state index in [9.17, 15) is 18.0 Å². The highest BCUT2D eigenvalue weighted by atomic mass is 19.4. The van der Waals surface area contributed by atoms with Crippen molar-refractivity contribution in [3.63, 3.8) is 0 Å². The quantitative estimate of drug-likeness (QED) is 0.736. The maximum absolute atomic E-state index is 12.6. The van der Waals surface area contributed by atoms with Crippen LogP contribution in [-0.2, 0) is 6.54 Å². The Morgan fingerprint density at radius 2 is 1.95 bits per heavy atom. The number of halogens is 3. The highest BCUT2D eigenvalue weighted by Gasteiger charge is 2.29. The van der Waals surface area contributed by atoms with Crippen LogP contribution >= 0.6 is 0 Å². The van der Waals surface area contributed by atoms with Gasteiger partial charge in [0.1, 0.15) is 6.54 Å². The zero-order chi connectivity index (χ0) is 13.6. The van der Waals surface area contributed by atoms with Crippen molar-refractivity contribution < 1.29 is 13.2 Å². The number of H-pyrrole nitrogens is 1. The van der Waals surface area contributed by atoms with Crippen LogP contribution in [-0.4, -0.2) is 20.9 Å². The molecule has 0 spiro atoms. The van der Waals surface area contributed by atoms with Gasteiger partial charge in [0.05, 0.1) is 22.6 Å². The largest absolute Gasteiger partial charge is 0.406 e. The molecule has 0 unspecified atom stereocenters. The zero-order valence-electron chi connectivity index (χ0n) is 9.53. The number of benzene rings is 1. The molecular weight excluding hydrogens is 259 g/mol. The summed E-state index contributed by atoms with van der Waals surface area (Å²) in [7, 11) is 0. The number of nitrogens with one attached hydrogen (secondary N) is 1. The molecule has 0 aliphatic rings. The van der Waals surface area contributed by atoms with Crippen molar-refractivity contribution in [1.82, 2.24) is 14.8 Å². The second-order valence-corrected chi connectivity index (χ2v) is 4.18. The van der Waals surface area contributed by atoms with Gasteiger partial charge in [-0.15, -0.1) is 0 Å². The molecule has 0 bridgehead atoms. The Balaban J connectivity index is 2.46. The number of para-hydroxylation sites is 1. The number of rotatable bonds is 1. The monoisotopic (exact) mass is 267 g/mol. The van der Waals surface area contributed by atoms with E-state index < -0.39 is 18.3 Å². The standard InChI is InChI=1S/C12H8F3N3O/c13-12(14,15)6-18-9-4-2-1-3-7(9)10-8(11(18)19)5-16-17-10/h1-5H,6H2,(H,16,17). The molecular formula is C12H8F3N3O. The van der Waals surface area contributed by atoms with Gasteiger partial charge in [-0.25, -0.2) is 0 Å². The molecule has 0 aliphatic carbocycles. The summed E-state index contributed by atoms with van der Waals surface area (Å²) in [6, 6.07) is 6.44. The highest BCUT2D eigenvalue weighted by Crippen LogP contribution is 2.24. The minimum atomic E-state index is -4.45. The van der Waals surface area contributed by atoms with Crippen molar-refractivity contribution in [2.24, 2.45) is 0 Å². The van der Waals surface area contributed by atoms with Crippen molar-refractivity contribution in [3.05, 3.63) is 40.8 Å². The number of nitrogens with zero attached hydrogens (tertiary/aromatic N) is 2. The Morgan fingerprint density at radius 1 is 1.21 bits per heavy atom. The van der Waals surface area contributed by atoms with Crippen molar-refractivity contribution in [2.45, 2.75) is 12.7 Å². The first-order valence-electron chi connectivity index (χ1n) is 5.49. The summed E-state index contributed by atoms with van der Waals surface area (Å²) in [6.45, 7) is -1.31. The third kappa shape index (κ3) is 1.87. The topological polar surface area (TPSA) is 50.7 Å². The van der Waals surface area contributed by atoms with Crippen molar-refractivity contribution in [3.8, 4) is 0 Å².